The van der Waals surface area contributed by atoms with Crippen LogP contribution in [0.5, 0.6) is 0 Å². The van der Waals surface area contributed by atoms with E-state index in [2.05, 4.69) is 168 Å². The molecular weight excluding hydrogens is 546 g/mol. The lowest BCUT2D eigenvalue weighted by Crippen LogP contribution is -2.39. The van der Waals surface area contributed by atoms with Crippen LogP contribution >= 0.6 is 0 Å². The minimum absolute atomic E-state index is 0.0333. The van der Waals surface area contributed by atoms with Crippen LogP contribution in [-0.2, 0) is 0 Å². The molecule has 2 aliphatic rings. The molecular formula is C42H35N3. The summed E-state index contributed by atoms with van der Waals surface area (Å²) in [5.41, 5.74) is 9.84. The van der Waals surface area contributed by atoms with Crippen molar-refractivity contribution in [2.45, 2.75) is 25.2 Å². The van der Waals surface area contributed by atoms with Crippen molar-refractivity contribution >= 4 is 27.2 Å². The van der Waals surface area contributed by atoms with E-state index in [-0.39, 0.29) is 18.2 Å². The van der Waals surface area contributed by atoms with E-state index in [4.69, 9.17) is 0 Å². The third-order valence-corrected chi connectivity index (χ3v) is 9.11. The minimum atomic E-state index is -0.122. The smallest absolute Gasteiger partial charge is 0.105 e. The van der Waals surface area contributed by atoms with E-state index in [0.717, 1.165) is 5.70 Å². The molecule has 218 valence electrons. The zero-order valence-electron chi connectivity index (χ0n) is 25.2. The molecule has 6 aromatic rings. The van der Waals surface area contributed by atoms with Crippen molar-refractivity contribution in [1.29, 1.82) is 0 Å². The summed E-state index contributed by atoms with van der Waals surface area (Å²) in [5.74, 6) is 0. The highest BCUT2D eigenvalue weighted by Crippen LogP contribution is 2.43. The normalized spacial score (nSPS) is 19.2. The van der Waals surface area contributed by atoms with E-state index in [1.807, 2.05) is 12.3 Å². The largest absolute Gasteiger partial charge is 0.381 e. The van der Waals surface area contributed by atoms with Crippen LogP contribution in [0.1, 0.15) is 46.1 Å². The van der Waals surface area contributed by atoms with Crippen molar-refractivity contribution < 1.29 is 0 Å². The summed E-state index contributed by atoms with van der Waals surface area (Å²) in [6, 6.07) is 46.6. The van der Waals surface area contributed by atoms with Gasteiger partial charge in [0.25, 0.3) is 0 Å². The van der Waals surface area contributed by atoms with Gasteiger partial charge in [-0.15, -0.1) is 0 Å². The summed E-state index contributed by atoms with van der Waals surface area (Å²) in [4.78, 5) is 0. The van der Waals surface area contributed by atoms with Gasteiger partial charge in [0, 0.05) is 11.3 Å². The van der Waals surface area contributed by atoms with E-state index >= 15 is 0 Å². The maximum absolute atomic E-state index is 4.00. The molecule has 2 aliphatic heterocycles. The Bertz CT molecular complexity index is 2030. The molecule has 3 nitrogen and oxygen atoms in total. The molecule has 0 aromatic heterocycles. The Morgan fingerprint density at radius 3 is 1.78 bits per heavy atom. The van der Waals surface area contributed by atoms with Crippen molar-refractivity contribution in [2.75, 3.05) is 0 Å². The third kappa shape index (κ3) is 5.12. The fourth-order valence-corrected chi connectivity index (χ4v) is 6.85. The number of nitrogens with one attached hydrogen (secondary N) is 3. The fourth-order valence-electron chi connectivity index (χ4n) is 6.85. The quantitative estimate of drug-likeness (QED) is 0.177. The number of hydrogen-bond acceptors (Lipinski definition) is 3. The molecule has 45 heavy (non-hydrogen) atoms. The summed E-state index contributed by atoms with van der Waals surface area (Å²) in [6.07, 6.45) is 10.5. The maximum Gasteiger partial charge on any atom is 0.105 e. The van der Waals surface area contributed by atoms with Crippen LogP contribution in [0, 0.1) is 6.92 Å². The van der Waals surface area contributed by atoms with Crippen molar-refractivity contribution in [2.24, 2.45) is 0 Å². The Kier molecular flexibility index (Phi) is 7.01. The molecule has 8 rings (SSSR count). The number of fused-ring (bicyclic) bond motifs is 2. The zero-order chi connectivity index (χ0) is 30.2. The summed E-state index contributed by atoms with van der Waals surface area (Å²) in [7, 11) is 0. The Morgan fingerprint density at radius 1 is 0.533 bits per heavy atom. The van der Waals surface area contributed by atoms with E-state index in [0.29, 0.717) is 0 Å². The number of dihydropyridines is 1. The van der Waals surface area contributed by atoms with Gasteiger partial charge in [0.2, 0.25) is 0 Å². The molecule has 0 aliphatic carbocycles. The van der Waals surface area contributed by atoms with Gasteiger partial charge in [-0.25, -0.2) is 0 Å². The van der Waals surface area contributed by atoms with Gasteiger partial charge in [-0.1, -0.05) is 145 Å². The van der Waals surface area contributed by atoms with E-state index < -0.39 is 0 Å². The molecule has 0 bridgehead atoms. The van der Waals surface area contributed by atoms with Crippen LogP contribution in [-0.4, -0.2) is 0 Å². The highest BCUT2D eigenvalue weighted by molar-refractivity contribution is 6.15. The van der Waals surface area contributed by atoms with Gasteiger partial charge in [-0.2, -0.15) is 0 Å². The monoisotopic (exact) mass is 581 g/mol. The van der Waals surface area contributed by atoms with Crippen LogP contribution < -0.4 is 16.0 Å². The molecule has 0 spiro atoms. The van der Waals surface area contributed by atoms with Gasteiger partial charge < -0.3 is 10.6 Å². The first-order valence-corrected chi connectivity index (χ1v) is 15.7. The minimum Gasteiger partial charge on any atom is -0.381 e. The Labute approximate surface area is 264 Å². The van der Waals surface area contributed by atoms with Crippen molar-refractivity contribution in [3.05, 3.63) is 186 Å². The molecule has 2 heterocycles. The van der Waals surface area contributed by atoms with E-state index in [1.165, 1.54) is 60.5 Å². The molecule has 0 fully saturated rings. The van der Waals surface area contributed by atoms with E-state index in [1.54, 1.807) is 0 Å². The molecule has 0 radical (unpaired) electrons. The number of rotatable bonds is 5. The lowest BCUT2D eigenvalue weighted by molar-refractivity contribution is 0.447. The molecule has 0 amide bonds. The lowest BCUT2D eigenvalue weighted by Gasteiger charge is -2.35. The van der Waals surface area contributed by atoms with Crippen LogP contribution in [0.25, 0.3) is 38.4 Å². The van der Waals surface area contributed by atoms with Gasteiger partial charge >= 0.3 is 0 Å². The summed E-state index contributed by atoms with van der Waals surface area (Å²) in [6.45, 7) is 2.14. The SMILES string of the molecule is Cc1ccc(C2C=C(c3ccc(C4C=CC=CN4)cc3)NC(c3c4ccccc4c(-c4ccccc4)c4ccccc34)N2)cc1. The first kappa shape index (κ1) is 27.2. The Hall–Kier alpha value is -5.38. The highest BCUT2D eigenvalue weighted by Gasteiger charge is 2.28. The Morgan fingerprint density at radius 2 is 1.13 bits per heavy atom. The van der Waals surface area contributed by atoms with Crippen LogP contribution in [0.4, 0.5) is 0 Å². The highest BCUT2D eigenvalue weighted by atomic mass is 15.2. The number of aryl methyl sites for hydroxylation is 1. The van der Waals surface area contributed by atoms with Crippen LogP contribution in [0.2, 0.25) is 0 Å². The number of allylic oxidation sites excluding steroid dienone is 2. The topological polar surface area (TPSA) is 36.1 Å². The molecule has 0 saturated heterocycles. The van der Waals surface area contributed by atoms with Gasteiger partial charge in [0.1, 0.15) is 6.17 Å². The molecule has 6 aromatic carbocycles. The second kappa shape index (κ2) is 11.6. The van der Waals surface area contributed by atoms with Crippen LogP contribution in [0.15, 0.2) is 158 Å². The Balaban J connectivity index is 1.28. The second-order valence-electron chi connectivity index (χ2n) is 12.0. The maximum atomic E-state index is 4.00. The molecule has 0 saturated carbocycles. The van der Waals surface area contributed by atoms with Crippen molar-refractivity contribution in [3.63, 3.8) is 0 Å². The number of benzene rings is 6. The van der Waals surface area contributed by atoms with E-state index in [9.17, 15) is 0 Å². The second-order valence-corrected chi connectivity index (χ2v) is 12.0. The van der Waals surface area contributed by atoms with Gasteiger partial charge in [-0.05, 0) is 74.6 Å². The van der Waals surface area contributed by atoms with Crippen LogP contribution in [0.3, 0.4) is 0 Å². The fraction of sp³-hybridized carbons (Fsp3) is 0.0952. The average molecular weight is 582 g/mol. The zero-order valence-corrected chi connectivity index (χ0v) is 25.2. The first-order chi connectivity index (χ1) is 22.2. The summed E-state index contributed by atoms with van der Waals surface area (Å²) >= 11 is 0. The molecule has 3 atom stereocenters. The number of hydrogen-bond donors (Lipinski definition) is 3. The summed E-state index contributed by atoms with van der Waals surface area (Å²) < 4.78 is 0. The summed E-state index contributed by atoms with van der Waals surface area (Å²) in [5, 5.41) is 16.4. The molecule has 3 heteroatoms. The predicted octanol–water partition coefficient (Wildman–Crippen LogP) is 9.66. The standard InChI is InChI=1S/C42H35N3/c1-28-18-20-30(21-19-28)38-27-39(31-24-22-29(23-25-31)37-17-9-10-26-43-37)45-42(44-38)41-35-15-7-5-13-33(35)40(32-11-3-2-4-12-32)34-14-6-8-16-36(34)41/h2-27,37-38,42-45H,1H3. The van der Waals surface area contributed by atoms with Gasteiger partial charge in [-0.3, -0.25) is 5.32 Å². The lowest BCUT2D eigenvalue weighted by atomic mass is 9.86. The molecule has 3 unspecified atom stereocenters. The third-order valence-electron chi connectivity index (χ3n) is 9.11. The van der Waals surface area contributed by atoms with Crippen molar-refractivity contribution in [1.82, 2.24) is 16.0 Å². The molecule has 3 N–H and O–H groups in total. The first-order valence-electron chi connectivity index (χ1n) is 15.7. The van der Waals surface area contributed by atoms with Gasteiger partial charge in [0.15, 0.2) is 0 Å². The predicted molar refractivity (Wildman–Crippen MR) is 188 cm³/mol. The van der Waals surface area contributed by atoms with Gasteiger partial charge in [0.05, 0.1) is 12.1 Å². The van der Waals surface area contributed by atoms with Crippen molar-refractivity contribution in [3.8, 4) is 11.1 Å². The average Bonchev–Trinajstić information content (AvgIpc) is 3.11.